The molecule has 19 heavy (non-hydrogen) atoms. The molecule has 2 aliphatic heterocycles. The summed E-state index contributed by atoms with van der Waals surface area (Å²) in [6.45, 7) is 10.6. The number of allylic oxidation sites excluding steroid dienone is 1. The Labute approximate surface area is 118 Å². The predicted molar refractivity (Wildman–Crippen MR) is 79.0 cm³/mol. The molecule has 6 atom stereocenters. The van der Waals surface area contributed by atoms with Crippen molar-refractivity contribution in [3.05, 3.63) is 11.6 Å². The van der Waals surface area contributed by atoms with Crippen LogP contribution >= 0.6 is 0 Å². The Morgan fingerprint density at radius 2 is 2.11 bits per heavy atom. The highest BCUT2D eigenvalue weighted by molar-refractivity contribution is 5.17. The fraction of sp³-hybridized carbons (Fsp3) is 0.882. The van der Waals surface area contributed by atoms with Gasteiger partial charge in [0.05, 0.1) is 12.7 Å². The molecule has 2 bridgehead atoms. The quantitative estimate of drug-likeness (QED) is 0.674. The smallest absolute Gasteiger partial charge is 0.0683 e. The van der Waals surface area contributed by atoms with Crippen molar-refractivity contribution in [3.63, 3.8) is 0 Å². The maximum atomic E-state index is 6.38. The third-order valence-electron chi connectivity index (χ3n) is 5.93. The zero-order valence-electron chi connectivity index (χ0n) is 12.9. The second kappa shape index (κ2) is 5.21. The zero-order chi connectivity index (χ0) is 13.6. The Bertz CT molecular complexity index is 364. The van der Waals surface area contributed by atoms with E-state index < -0.39 is 0 Å². The lowest BCUT2D eigenvalue weighted by molar-refractivity contribution is -0.124. The highest BCUT2D eigenvalue weighted by atomic mass is 16.5. The van der Waals surface area contributed by atoms with E-state index in [1.54, 1.807) is 5.57 Å². The molecule has 6 unspecified atom stereocenters. The van der Waals surface area contributed by atoms with Crippen LogP contribution in [-0.2, 0) is 4.74 Å². The molecule has 2 saturated heterocycles. The van der Waals surface area contributed by atoms with Gasteiger partial charge in [0, 0.05) is 12.5 Å². The number of ether oxygens (including phenoxy) is 1. The van der Waals surface area contributed by atoms with Gasteiger partial charge in [0.15, 0.2) is 0 Å². The van der Waals surface area contributed by atoms with Gasteiger partial charge < -0.3 is 9.64 Å². The second-order valence-corrected chi connectivity index (χ2v) is 7.28. The third kappa shape index (κ3) is 2.38. The number of hydrogen-bond acceptors (Lipinski definition) is 2. The van der Waals surface area contributed by atoms with Gasteiger partial charge in [0.1, 0.15) is 0 Å². The van der Waals surface area contributed by atoms with Gasteiger partial charge >= 0.3 is 0 Å². The number of fused-ring (bicyclic) bond motifs is 2. The topological polar surface area (TPSA) is 12.5 Å². The van der Waals surface area contributed by atoms with Crippen LogP contribution < -0.4 is 0 Å². The van der Waals surface area contributed by atoms with Crippen LogP contribution in [0.1, 0.15) is 33.6 Å². The summed E-state index contributed by atoms with van der Waals surface area (Å²) in [6.07, 6.45) is 5.69. The average Bonchev–Trinajstić information content (AvgIpc) is 2.35. The first kappa shape index (κ1) is 13.6. The van der Waals surface area contributed by atoms with Crippen LogP contribution in [0.4, 0.5) is 0 Å². The molecule has 1 aliphatic carbocycles. The van der Waals surface area contributed by atoms with Crippen LogP contribution in [-0.4, -0.2) is 37.7 Å². The average molecular weight is 263 g/mol. The molecule has 108 valence electrons. The minimum atomic E-state index is 0.470. The molecule has 2 heteroatoms. The van der Waals surface area contributed by atoms with Crippen LogP contribution in [0.15, 0.2) is 11.6 Å². The molecule has 3 rings (SSSR count). The first-order chi connectivity index (χ1) is 9.08. The highest BCUT2D eigenvalue weighted by Gasteiger charge is 2.46. The third-order valence-corrected chi connectivity index (χ3v) is 5.93. The van der Waals surface area contributed by atoms with Crippen molar-refractivity contribution in [2.24, 2.45) is 29.6 Å². The van der Waals surface area contributed by atoms with Crippen molar-refractivity contribution in [2.45, 2.75) is 39.7 Å². The minimum Gasteiger partial charge on any atom is -0.377 e. The summed E-state index contributed by atoms with van der Waals surface area (Å²) in [5.74, 6) is 3.65. The Kier molecular flexibility index (Phi) is 3.74. The van der Waals surface area contributed by atoms with E-state index in [9.17, 15) is 0 Å². The normalized spacial score (nSPS) is 47.9. The molecule has 0 N–H and O–H groups in total. The molecule has 0 spiro atoms. The van der Waals surface area contributed by atoms with Crippen molar-refractivity contribution in [1.29, 1.82) is 0 Å². The summed E-state index contributed by atoms with van der Waals surface area (Å²) in [5.41, 5.74) is 1.59. The summed E-state index contributed by atoms with van der Waals surface area (Å²) in [6, 6.07) is 0. The van der Waals surface area contributed by atoms with Gasteiger partial charge in [-0.05, 0) is 57.0 Å². The minimum absolute atomic E-state index is 0.470. The molecule has 0 radical (unpaired) electrons. The van der Waals surface area contributed by atoms with Gasteiger partial charge in [-0.15, -0.1) is 0 Å². The van der Waals surface area contributed by atoms with Crippen molar-refractivity contribution in [3.8, 4) is 0 Å². The lowest BCUT2D eigenvalue weighted by Crippen LogP contribution is -2.52. The van der Waals surface area contributed by atoms with E-state index in [0.717, 1.165) is 24.4 Å². The fourth-order valence-electron chi connectivity index (χ4n) is 4.90. The second-order valence-electron chi connectivity index (χ2n) is 7.28. The summed E-state index contributed by atoms with van der Waals surface area (Å²) < 4.78 is 6.38. The van der Waals surface area contributed by atoms with E-state index in [1.165, 1.54) is 25.9 Å². The van der Waals surface area contributed by atoms with Crippen LogP contribution in [0.2, 0.25) is 0 Å². The van der Waals surface area contributed by atoms with Gasteiger partial charge in [-0.25, -0.2) is 0 Å². The molecule has 0 amide bonds. The molecule has 3 aliphatic rings. The van der Waals surface area contributed by atoms with Gasteiger partial charge in [0.2, 0.25) is 0 Å². The molecule has 0 saturated carbocycles. The van der Waals surface area contributed by atoms with E-state index in [1.807, 2.05) is 0 Å². The first-order valence-electron chi connectivity index (χ1n) is 8.06. The van der Waals surface area contributed by atoms with Crippen molar-refractivity contribution < 1.29 is 4.74 Å². The predicted octanol–water partition coefficient (Wildman–Crippen LogP) is 3.19. The maximum absolute atomic E-state index is 6.38. The van der Waals surface area contributed by atoms with Gasteiger partial charge in [-0.2, -0.15) is 0 Å². The lowest BCUT2D eigenvalue weighted by Gasteiger charge is -2.50. The highest BCUT2D eigenvalue weighted by Crippen LogP contribution is 2.47. The standard InChI is InChI=1S/C17H29NO/c1-11-8-12(2)16-13(3)15(11)10-19-17(16)14-6-5-7-18(4)9-14/h8,11,13-17H,5-7,9-10H2,1-4H3. The molecular weight excluding hydrogens is 234 g/mol. The molecular formula is C17H29NO. The van der Waals surface area contributed by atoms with Crippen molar-refractivity contribution >= 4 is 0 Å². The van der Waals surface area contributed by atoms with Crippen molar-refractivity contribution in [1.82, 2.24) is 4.90 Å². The SMILES string of the molecule is CC1=CC(C)C2COC(C3CCCN(C)C3)C1C2C. The molecule has 2 nitrogen and oxygen atoms in total. The largest absolute Gasteiger partial charge is 0.377 e. The van der Waals surface area contributed by atoms with E-state index >= 15 is 0 Å². The van der Waals surface area contributed by atoms with E-state index in [2.05, 4.69) is 38.8 Å². The Hall–Kier alpha value is -0.340. The van der Waals surface area contributed by atoms with Crippen LogP contribution in [0, 0.1) is 29.6 Å². The zero-order valence-corrected chi connectivity index (χ0v) is 12.9. The molecule has 2 heterocycles. The summed E-state index contributed by atoms with van der Waals surface area (Å²) in [7, 11) is 2.26. The first-order valence-corrected chi connectivity index (χ1v) is 8.06. The molecule has 0 aromatic carbocycles. The molecule has 0 aromatic rings. The van der Waals surface area contributed by atoms with E-state index in [-0.39, 0.29) is 0 Å². The number of nitrogens with zero attached hydrogens (tertiary/aromatic N) is 1. The molecule has 2 fully saturated rings. The summed E-state index contributed by atoms with van der Waals surface area (Å²) in [5, 5.41) is 0. The Balaban J connectivity index is 1.81. The van der Waals surface area contributed by atoms with Crippen LogP contribution in [0.3, 0.4) is 0 Å². The van der Waals surface area contributed by atoms with Crippen LogP contribution in [0.25, 0.3) is 0 Å². The maximum Gasteiger partial charge on any atom is 0.0683 e. The number of rotatable bonds is 1. The Morgan fingerprint density at radius 1 is 1.32 bits per heavy atom. The summed E-state index contributed by atoms with van der Waals surface area (Å²) in [4.78, 5) is 2.48. The van der Waals surface area contributed by atoms with Crippen LogP contribution in [0.5, 0.6) is 0 Å². The van der Waals surface area contributed by atoms with E-state index in [4.69, 9.17) is 4.74 Å². The fourth-order valence-corrected chi connectivity index (χ4v) is 4.90. The molecule has 0 aromatic heterocycles. The van der Waals surface area contributed by atoms with Gasteiger partial charge in [0.25, 0.3) is 0 Å². The van der Waals surface area contributed by atoms with E-state index in [0.29, 0.717) is 17.9 Å². The monoisotopic (exact) mass is 263 g/mol. The number of likely N-dealkylation sites (tertiary alicyclic amines) is 1. The Morgan fingerprint density at radius 3 is 2.84 bits per heavy atom. The van der Waals surface area contributed by atoms with Gasteiger partial charge in [-0.1, -0.05) is 25.5 Å². The summed E-state index contributed by atoms with van der Waals surface area (Å²) >= 11 is 0. The number of hydrogen-bond donors (Lipinski definition) is 0. The number of piperidine rings is 1. The van der Waals surface area contributed by atoms with Gasteiger partial charge in [-0.3, -0.25) is 0 Å². The van der Waals surface area contributed by atoms with Crippen molar-refractivity contribution in [2.75, 3.05) is 26.7 Å². The lowest BCUT2D eigenvalue weighted by atomic mass is 9.63.